The van der Waals surface area contributed by atoms with Crippen molar-refractivity contribution in [3.63, 3.8) is 0 Å². The summed E-state index contributed by atoms with van der Waals surface area (Å²) in [6.07, 6.45) is 2.36. The number of ether oxygens (including phenoxy) is 1. The Morgan fingerprint density at radius 3 is 2.81 bits per heavy atom. The van der Waals surface area contributed by atoms with Gasteiger partial charge in [-0.2, -0.15) is 0 Å². The molecule has 2 rings (SSSR count). The van der Waals surface area contributed by atoms with Crippen LogP contribution in [0, 0.1) is 0 Å². The van der Waals surface area contributed by atoms with Crippen LogP contribution in [0.5, 0.6) is 0 Å². The van der Waals surface area contributed by atoms with Crippen LogP contribution in [0.4, 0.5) is 0 Å². The molecule has 16 heavy (non-hydrogen) atoms. The Morgan fingerprint density at radius 1 is 1.44 bits per heavy atom. The van der Waals surface area contributed by atoms with Gasteiger partial charge in [0.15, 0.2) is 5.78 Å². The highest BCUT2D eigenvalue weighted by Crippen LogP contribution is 2.03. The van der Waals surface area contributed by atoms with Gasteiger partial charge in [-0.15, -0.1) is 12.4 Å². The fourth-order valence-corrected chi connectivity index (χ4v) is 1.72. The van der Waals surface area contributed by atoms with Gasteiger partial charge in [-0.1, -0.05) is 0 Å². The molecule has 0 amide bonds. The minimum absolute atomic E-state index is 0. The van der Waals surface area contributed by atoms with Crippen LogP contribution < -0.4 is 0 Å². The maximum Gasteiger partial charge on any atom is 0.180 e. The minimum Gasteiger partial charge on any atom is -0.379 e. The van der Waals surface area contributed by atoms with Crippen LogP contribution in [0.3, 0.4) is 0 Å². The van der Waals surface area contributed by atoms with Gasteiger partial charge in [0.05, 0.1) is 18.9 Å². The molecule has 5 heteroatoms. The van der Waals surface area contributed by atoms with Crippen molar-refractivity contribution >= 4 is 18.2 Å². The van der Waals surface area contributed by atoms with E-state index in [0.29, 0.717) is 12.1 Å². The average Bonchev–Trinajstić information content (AvgIpc) is 2.81. The molecule has 1 saturated heterocycles. The Labute approximate surface area is 101 Å². The molecule has 90 valence electrons. The van der Waals surface area contributed by atoms with Crippen molar-refractivity contribution in [1.29, 1.82) is 0 Å². The Hall–Kier alpha value is -0.840. The number of nitrogens with one attached hydrogen (secondary N) is 1. The maximum absolute atomic E-state index is 11.7. The van der Waals surface area contributed by atoms with Gasteiger partial charge in [0.1, 0.15) is 0 Å². The number of aromatic amines is 1. The number of carbonyl (C=O) groups excluding carboxylic acids is 1. The number of carbonyl (C=O) groups is 1. The number of nitrogens with zero attached hydrogens (tertiary/aromatic N) is 1. The number of rotatable bonds is 4. The fourth-order valence-electron chi connectivity index (χ4n) is 1.72. The summed E-state index contributed by atoms with van der Waals surface area (Å²) in [5.41, 5.74) is 0.711. The summed E-state index contributed by atoms with van der Waals surface area (Å²) in [6, 6.07) is 3.67. The molecular formula is C11H17ClN2O2. The van der Waals surface area contributed by atoms with Crippen LogP contribution in [-0.2, 0) is 4.74 Å². The van der Waals surface area contributed by atoms with Crippen LogP contribution in [0.1, 0.15) is 16.9 Å². The molecular weight excluding hydrogens is 228 g/mol. The first-order chi connectivity index (χ1) is 7.36. The van der Waals surface area contributed by atoms with Gasteiger partial charge in [0.2, 0.25) is 0 Å². The van der Waals surface area contributed by atoms with Crippen molar-refractivity contribution in [3.05, 3.63) is 24.0 Å². The molecule has 0 bridgehead atoms. The Bertz CT molecular complexity index is 308. The lowest BCUT2D eigenvalue weighted by Gasteiger charge is -2.26. The van der Waals surface area contributed by atoms with Gasteiger partial charge in [0, 0.05) is 32.3 Å². The molecule has 0 radical (unpaired) electrons. The standard InChI is InChI=1S/C11H16N2O2.ClH/c14-11(10-2-1-4-12-10)3-5-13-6-8-15-9-7-13;/h1-2,4,12H,3,5-9H2;1H. The first-order valence-electron chi connectivity index (χ1n) is 5.33. The molecule has 0 spiro atoms. The third kappa shape index (κ3) is 3.63. The van der Waals surface area contributed by atoms with Crippen LogP contribution in [-0.4, -0.2) is 48.5 Å². The van der Waals surface area contributed by atoms with Crippen molar-refractivity contribution in [2.45, 2.75) is 6.42 Å². The number of morpholine rings is 1. The van der Waals surface area contributed by atoms with Crippen LogP contribution >= 0.6 is 12.4 Å². The third-order valence-corrected chi connectivity index (χ3v) is 2.66. The SMILES string of the molecule is Cl.O=C(CCN1CCOCC1)c1ccc[nH]1. The number of Topliss-reactive ketones (excluding diaryl/α,β-unsaturated/α-hetero) is 1. The molecule has 1 fully saturated rings. The fraction of sp³-hybridized carbons (Fsp3) is 0.545. The highest BCUT2D eigenvalue weighted by molar-refractivity contribution is 5.94. The second-order valence-corrected chi connectivity index (χ2v) is 3.71. The van der Waals surface area contributed by atoms with E-state index < -0.39 is 0 Å². The van der Waals surface area contributed by atoms with Crippen LogP contribution in [0.25, 0.3) is 0 Å². The Kier molecular flexibility index (Phi) is 5.52. The summed E-state index contributed by atoms with van der Waals surface area (Å²) in [5.74, 6) is 0.187. The van der Waals surface area contributed by atoms with Gasteiger partial charge in [0.25, 0.3) is 0 Å². The quantitative estimate of drug-likeness (QED) is 0.813. The number of H-pyrrole nitrogens is 1. The third-order valence-electron chi connectivity index (χ3n) is 2.66. The molecule has 1 aliphatic heterocycles. The first kappa shape index (κ1) is 13.2. The van der Waals surface area contributed by atoms with Crippen LogP contribution in [0.15, 0.2) is 18.3 Å². The Balaban J connectivity index is 0.00000128. The summed E-state index contributed by atoms with van der Waals surface area (Å²) >= 11 is 0. The van der Waals surface area contributed by atoms with Gasteiger partial charge < -0.3 is 9.72 Å². The molecule has 1 N–H and O–H groups in total. The van der Waals surface area contributed by atoms with E-state index in [2.05, 4.69) is 9.88 Å². The molecule has 1 aliphatic rings. The van der Waals surface area contributed by atoms with E-state index in [9.17, 15) is 4.79 Å². The highest BCUT2D eigenvalue weighted by Gasteiger charge is 2.12. The second kappa shape index (κ2) is 6.68. The zero-order chi connectivity index (χ0) is 10.5. The van der Waals surface area contributed by atoms with Crippen molar-refractivity contribution in [2.24, 2.45) is 0 Å². The monoisotopic (exact) mass is 244 g/mol. The molecule has 1 aromatic heterocycles. The molecule has 0 saturated carbocycles. The molecule has 0 aliphatic carbocycles. The van der Waals surface area contributed by atoms with Gasteiger partial charge in [-0.3, -0.25) is 9.69 Å². The normalized spacial score (nSPS) is 16.8. The van der Waals surface area contributed by atoms with E-state index in [4.69, 9.17) is 4.74 Å². The molecule has 1 aromatic rings. The number of aromatic nitrogens is 1. The van der Waals surface area contributed by atoms with Crippen molar-refractivity contribution in [3.8, 4) is 0 Å². The topological polar surface area (TPSA) is 45.3 Å². The van der Waals surface area contributed by atoms with Gasteiger partial charge in [-0.05, 0) is 12.1 Å². The molecule has 2 heterocycles. The van der Waals surface area contributed by atoms with E-state index in [1.165, 1.54) is 0 Å². The smallest absolute Gasteiger partial charge is 0.180 e. The lowest BCUT2D eigenvalue weighted by atomic mass is 10.2. The predicted octanol–water partition coefficient (Wildman–Crippen LogP) is 1.34. The van der Waals surface area contributed by atoms with E-state index in [1.807, 2.05) is 12.1 Å². The number of hydrogen-bond acceptors (Lipinski definition) is 3. The summed E-state index contributed by atoms with van der Waals surface area (Å²) in [6.45, 7) is 4.30. The predicted molar refractivity (Wildman–Crippen MR) is 64.2 cm³/mol. The summed E-state index contributed by atoms with van der Waals surface area (Å²) in [7, 11) is 0. The van der Waals surface area contributed by atoms with Crippen molar-refractivity contribution in [1.82, 2.24) is 9.88 Å². The average molecular weight is 245 g/mol. The minimum atomic E-state index is 0. The summed E-state index contributed by atoms with van der Waals surface area (Å²) in [5, 5.41) is 0. The van der Waals surface area contributed by atoms with E-state index in [-0.39, 0.29) is 18.2 Å². The molecule has 0 aromatic carbocycles. The molecule has 0 unspecified atom stereocenters. The van der Waals surface area contributed by atoms with Crippen molar-refractivity contribution in [2.75, 3.05) is 32.8 Å². The Morgan fingerprint density at radius 2 is 2.19 bits per heavy atom. The van der Waals surface area contributed by atoms with E-state index in [1.54, 1.807) is 6.20 Å². The number of hydrogen-bond donors (Lipinski definition) is 1. The second-order valence-electron chi connectivity index (χ2n) is 3.71. The van der Waals surface area contributed by atoms with Crippen molar-refractivity contribution < 1.29 is 9.53 Å². The van der Waals surface area contributed by atoms with Gasteiger partial charge in [-0.25, -0.2) is 0 Å². The zero-order valence-electron chi connectivity index (χ0n) is 9.15. The first-order valence-corrected chi connectivity index (χ1v) is 5.33. The van der Waals surface area contributed by atoms with E-state index >= 15 is 0 Å². The zero-order valence-corrected chi connectivity index (χ0v) is 9.96. The summed E-state index contributed by atoms with van der Waals surface area (Å²) in [4.78, 5) is 16.9. The lowest BCUT2D eigenvalue weighted by molar-refractivity contribution is 0.0370. The summed E-state index contributed by atoms with van der Waals surface area (Å²) < 4.78 is 5.25. The van der Waals surface area contributed by atoms with Gasteiger partial charge >= 0.3 is 0 Å². The maximum atomic E-state index is 11.7. The number of halogens is 1. The lowest BCUT2D eigenvalue weighted by Crippen LogP contribution is -2.37. The molecule has 4 nitrogen and oxygen atoms in total. The molecule has 0 atom stereocenters. The number of ketones is 1. The van der Waals surface area contributed by atoms with Crippen LogP contribution in [0.2, 0.25) is 0 Å². The highest BCUT2D eigenvalue weighted by atomic mass is 35.5. The largest absolute Gasteiger partial charge is 0.379 e. The van der Waals surface area contributed by atoms with E-state index in [0.717, 1.165) is 32.8 Å².